The standard InChI is InChI=1S/C15H21NO/c1-10(2)16-13-7-6-12(15(3,4)5)8-11(13)9-14(16)17/h6-8,10H,9H2,1-5H3. The van der Waals surface area contributed by atoms with Gasteiger partial charge in [-0.2, -0.15) is 0 Å². The Morgan fingerprint density at radius 3 is 2.41 bits per heavy atom. The van der Waals surface area contributed by atoms with Crippen LogP contribution in [-0.2, 0) is 16.6 Å². The minimum absolute atomic E-state index is 0.142. The van der Waals surface area contributed by atoms with E-state index in [1.165, 1.54) is 11.1 Å². The van der Waals surface area contributed by atoms with Gasteiger partial charge in [-0.25, -0.2) is 0 Å². The first-order chi connectivity index (χ1) is 7.80. The van der Waals surface area contributed by atoms with Gasteiger partial charge in [0, 0.05) is 11.7 Å². The molecular weight excluding hydrogens is 210 g/mol. The molecule has 1 aliphatic heterocycles. The van der Waals surface area contributed by atoms with Crippen molar-refractivity contribution in [2.45, 2.75) is 52.5 Å². The molecule has 1 aromatic carbocycles. The second-order valence-corrected chi connectivity index (χ2v) is 6.13. The zero-order valence-corrected chi connectivity index (χ0v) is 11.4. The summed E-state index contributed by atoms with van der Waals surface area (Å²) in [4.78, 5) is 13.9. The quantitative estimate of drug-likeness (QED) is 0.726. The first kappa shape index (κ1) is 12.2. The molecular formula is C15H21NO. The Hall–Kier alpha value is -1.31. The van der Waals surface area contributed by atoms with Gasteiger partial charge < -0.3 is 4.90 Å². The molecule has 0 radical (unpaired) electrons. The van der Waals surface area contributed by atoms with Crippen molar-refractivity contribution in [1.82, 2.24) is 0 Å². The molecule has 1 aliphatic rings. The van der Waals surface area contributed by atoms with Crippen LogP contribution in [0.1, 0.15) is 45.7 Å². The summed E-state index contributed by atoms with van der Waals surface area (Å²) in [6.45, 7) is 10.7. The van der Waals surface area contributed by atoms with E-state index in [0.717, 1.165) is 5.69 Å². The highest BCUT2D eigenvalue weighted by Gasteiger charge is 2.30. The number of carbonyl (C=O) groups excluding carboxylic acids is 1. The molecule has 0 N–H and O–H groups in total. The van der Waals surface area contributed by atoms with Gasteiger partial charge in [-0.3, -0.25) is 4.79 Å². The fraction of sp³-hybridized carbons (Fsp3) is 0.533. The fourth-order valence-corrected chi connectivity index (χ4v) is 2.38. The maximum Gasteiger partial charge on any atom is 0.231 e. The number of amides is 1. The number of hydrogen-bond donors (Lipinski definition) is 0. The number of hydrogen-bond acceptors (Lipinski definition) is 1. The van der Waals surface area contributed by atoms with Crippen LogP contribution >= 0.6 is 0 Å². The van der Waals surface area contributed by atoms with Crippen LogP contribution in [0.4, 0.5) is 5.69 Å². The molecule has 92 valence electrons. The smallest absolute Gasteiger partial charge is 0.231 e. The predicted molar refractivity (Wildman–Crippen MR) is 71.5 cm³/mol. The summed E-state index contributed by atoms with van der Waals surface area (Å²) >= 11 is 0. The minimum atomic E-state index is 0.142. The predicted octanol–water partition coefficient (Wildman–Crippen LogP) is 3.28. The molecule has 0 unspecified atom stereocenters. The number of nitrogens with zero attached hydrogens (tertiary/aromatic N) is 1. The van der Waals surface area contributed by atoms with Crippen LogP contribution in [0.5, 0.6) is 0 Å². The van der Waals surface area contributed by atoms with Crippen LogP contribution in [0.2, 0.25) is 0 Å². The average Bonchev–Trinajstić information content (AvgIpc) is 2.50. The summed E-state index contributed by atoms with van der Waals surface area (Å²) in [5.74, 6) is 0.223. The Balaban J connectivity index is 2.45. The van der Waals surface area contributed by atoms with Crippen LogP contribution in [0, 0.1) is 0 Å². The second kappa shape index (κ2) is 3.86. The van der Waals surface area contributed by atoms with Crippen molar-refractivity contribution < 1.29 is 4.79 Å². The Kier molecular flexibility index (Phi) is 2.76. The molecule has 1 aromatic rings. The van der Waals surface area contributed by atoms with E-state index >= 15 is 0 Å². The Morgan fingerprint density at radius 2 is 1.88 bits per heavy atom. The molecule has 0 saturated heterocycles. The molecule has 2 rings (SSSR count). The second-order valence-electron chi connectivity index (χ2n) is 6.13. The monoisotopic (exact) mass is 231 g/mol. The largest absolute Gasteiger partial charge is 0.309 e. The lowest BCUT2D eigenvalue weighted by Gasteiger charge is -2.23. The molecule has 17 heavy (non-hydrogen) atoms. The molecule has 0 saturated carbocycles. The van der Waals surface area contributed by atoms with Gasteiger partial charge in [-0.05, 0) is 36.5 Å². The van der Waals surface area contributed by atoms with Gasteiger partial charge >= 0.3 is 0 Å². The highest BCUT2D eigenvalue weighted by Crippen LogP contribution is 2.34. The third-order valence-electron chi connectivity index (χ3n) is 3.33. The molecule has 2 heteroatoms. The van der Waals surface area contributed by atoms with E-state index in [-0.39, 0.29) is 17.4 Å². The molecule has 1 heterocycles. The summed E-state index contributed by atoms with van der Waals surface area (Å²) in [6, 6.07) is 6.67. The molecule has 0 bridgehead atoms. The third-order valence-corrected chi connectivity index (χ3v) is 3.33. The number of carbonyl (C=O) groups is 1. The zero-order chi connectivity index (χ0) is 12.8. The van der Waals surface area contributed by atoms with Gasteiger partial charge in [-0.1, -0.05) is 32.9 Å². The Morgan fingerprint density at radius 1 is 1.24 bits per heavy atom. The van der Waals surface area contributed by atoms with Crippen molar-refractivity contribution in [2.24, 2.45) is 0 Å². The lowest BCUT2D eigenvalue weighted by Crippen LogP contribution is -2.33. The van der Waals surface area contributed by atoms with Crippen molar-refractivity contribution in [3.05, 3.63) is 29.3 Å². The van der Waals surface area contributed by atoms with E-state index in [4.69, 9.17) is 0 Å². The molecule has 1 amide bonds. The van der Waals surface area contributed by atoms with Crippen molar-refractivity contribution >= 4 is 11.6 Å². The molecule has 0 aromatic heterocycles. The van der Waals surface area contributed by atoms with Gasteiger partial charge in [-0.15, -0.1) is 0 Å². The van der Waals surface area contributed by atoms with Crippen molar-refractivity contribution in [3.63, 3.8) is 0 Å². The van der Waals surface area contributed by atoms with Gasteiger partial charge in [0.1, 0.15) is 0 Å². The summed E-state index contributed by atoms with van der Waals surface area (Å²) in [5, 5.41) is 0. The lowest BCUT2D eigenvalue weighted by atomic mass is 9.86. The van der Waals surface area contributed by atoms with Crippen LogP contribution in [0.15, 0.2) is 18.2 Å². The number of fused-ring (bicyclic) bond motifs is 1. The maximum atomic E-state index is 12.0. The lowest BCUT2D eigenvalue weighted by molar-refractivity contribution is -0.117. The van der Waals surface area contributed by atoms with Crippen molar-refractivity contribution in [2.75, 3.05) is 4.90 Å². The number of rotatable bonds is 1. The van der Waals surface area contributed by atoms with Crippen molar-refractivity contribution in [1.29, 1.82) is 0 Å². The topological polar surface area (TPSA) is 20.3 Å². The molecule has 0 fully saturated rings. The molecule has 0 spiro atoms. The van der Waals surface area contributed by atoms with Crippen LogP contribution < -0.4 is 4.90 Å². The van der Waals surface area contributed by atoms with E-state index in [1.807, 2.05) is 4.90 Å². The minimum Gasteiger partial charge on any atom is -0.309 e. The van der Waals surface area contributed by atoms with Crippen LogP contribution in [0.25, 0.3) is 0 Å². The summed E-state index contributed by atoms with van der Waals surface area (Å²) in [6.07, 6.45) is 0.553. The highest BCUT2D eigenvalue weighted by molar-refractivity contribution is 6.01. The number of anilines is 1. The molecule has 0 aliphatic carbocycles. The highest BCUT2D eigenvalue weighted by atomic mass is 16.2. The molecule has 0 atom stereocenters. The van der Waals surface area contributed by atoms with Gasteiger partial charge in [0.05, 0.1) is 6.42 Å². The first-order valence-electron chi connectivity index (χ1n) is 6.26. The Bertz CT molecular complexity index is 454. The third kappa shape index (κ3) is 2.08. The fourth-order valence-electron chi connectivity index (χ4n) is 2.38. The summed E-state index contributed by atoms with van der Waals surface area (Å²) < 4.78 is 0. The Labute approximate surface area is 104 Å². The maximum absolute atomic E-state index is 12.0. The number of benzene rings is 1. The SMILES string of the molecule is CC(C)N1C(=O)Cc2cc(C(C)(C)C)ccc21. The van der Waals surface area contributed by atoms with E-state index in [2.05, 4.69) is 52.8 Å². The summed E-state index contributed by atoms with van der Waals surface area (Å²) in [7, 11) is 0. The van der Waals surface area contributed by atoms with E-state index in [9.17, 15) is 4.79 Å². The van der Waals surface area contributed by atoms with Crippen LogP contribution in [-0.4, -0.2) is 11.9 Å². The van der Waals surface area contributed by atoms with E-state index < -0.39 is 0 Å². The van der Waals surface area contributed by atoms with Gasteiger partial charge in [0.25, 0.3) is 0 Å². The first-order valence-corrected chi connectivity index (χ1v) is 6.26. The molecule has 2 nitrogen and oxygen atoms in total. The van der Waals surface area contributed by atoms with Gasteiger partial charge in [0.2, 0.25) is 5.91 Å². The van der Waals surface area contributed by atoms with Crippen molar-refractivity contribution in [3.8, 4) is 0 Å². The summed E-state index contributed by atoms with van der Waals surface area (Å²) in [5.41, 5.74) is 3.72. The zero-order valence-electron chi connectivity index (χ0n) is 11.4. The van der Waals surface area contributed by atoms with E-state index in [1.54, 1.807) is 0 Å². The van der Waals surface area contributed by atoms with Gasteiger partial charge in [0.15, 0.2) is 0 Å². The van der Waals surface area contributed by atoms with Crippen LogP contribution in [0.3, 0.4) is 0 Å². The normalized spacial score (nSPS) is 15.6. The average molecular weight is 231 g/mol. The van der Waals surface area contributed by atoms with E-state index in [0.29, 0.717) is 6.42 Å².